The van der Waals surface area contributed by atoms with E-state index in [1.54, 1.807) is 16.7 Å². The monoisotopic (exact) mass is 392 g/mol. The molecule has 0 aliphatic rings. The van der Waals surface area contributed by atoms with Gasteiger partial charge in [-0.05, 0) is 38.5 Å². The molecule has 0 amide bonds. The highest BCUT2D eigenvalue weighted by Gasteiger charge is 2.19. The lowest BCUT2D eigenvalue weighted by atomic mass is 10.2. The standard InChI is InChI=1S/C15H11Cl2FN4.C4H8/c1-3-8(2)22-14(10-5-4-9(16)6-11(10)18)21-12-13(17)19-7-20-15(12)22;1-3-4-2/h3-7H,1-2H3;3H,1,4H2,2H3/b8-3+;. The summed E-state index contributed by atoms with van der Waals surface area (Å²) < 4.78 is 16.0. The summed E-state index contributed by atoms with van der Waals surface area (Å²) in [7, 11) is 0. The molecule has 0 saturated carbocycles. The van der Waals surface area contributed by atoms with E-state index in [-0.39, 0.29) is 5.15 Å². The van der Waals surface area contributed by atoms with Crippen molar-refractivity contribution in [1.82, 2.24) is 19.5 Å². The molecule has 0 spiro atoms. The Morgan fingerprint density at radius 1 is 1.31 bits per heavy atom. The molecule has 2 aromatic heterocycles. The van der Waals surface area contributed by atoms with Crippen LogP contribution in [0.25, 0.3) is 28.2 Å². The van der Waals surface area contributed by atoms with Gasteiger partial charge in [-0.1, -0.05) is 42.3 Å². The van der Waals surface area contributed by atoms with Crippen LogP contribution in [0.3, 0.4) is 0 Å². The van der Waals surface area contributed by atoms with Crippen molar-refractivity contribution in [1.29, 1.82) is 0 Å². The molecule has 4 nitrogen and oxygen atoms in total. The predicted molar refractivity (Wildman–Crippen MR) is 107 cm³/mol. The van der Waals surface area contributed by atoms with Crippen LogP contribution in [0.2, 0.25) is 10.2 Å². The van der Waals surface area contributed by atoms with Gasteiger partial charge in [0.1, 0.15) is 23.5 Å². The van der Waals surface area contributed by atoms with E-state index < -0.39 is 5.82 Å². The van der Waals surface area contributed by atoms with Gasteiger partial charge >= 0.3 is 0 Å². The number of allylic oxidation sites excluding steroid dienone is 3. The topological polar surface area (TPSA) is 43.6 Å². The maximum atomic E-state index is 14.3. The van der Waals surface area contributed by atoms with E-state index in [2.05, 4.69) is 28.5 Å². The molecule has 26 heavy (non-hydrogen) atoms. The van der Waals surface area contributed by atoms with E-state index in [0.29, 0.717) is 27.6 Å². The Kier molecular flexibility index (Phi) is 6.89. The summed E-state index contributed by atoms with van der Waals surface area (Å²) >= 11 is 11.9. The zero-order valence-corrected chi connectivity index (χ0v) is 16.3. The van der Waals surface area contributed by atoms with Gasteiger partial charge < -0.3 is 0 Å². The van der Waals surface area contributed by atoms with Crippen LogP contribution in [-0.2, 0) is 0 Å². The minimum absolute atomic E-state index is 0.225. The Morgan fingerprint density at radius 2 is 2.00 bits per heavy atom. The fraction of sp³-hybridized carbons (Fsp3) is 0.211. The lowest BCUT2D eigenvalue weighted by molar-refractivity contribution is 0.630. The average molecular weight is 393 g/mol. The smallest absolute Gasteiger partial charge is 0.169 e. The zero-order valence-electron chi connectivity index (χ0n) is 14.8. The second kappa shape index (κ2) is 8.92. The summed E-state index contributed by atoms with van der Waals surface area (Å²) in [5.41, 5.74) is 2.12. The Hall–Kier alpha value is -2.24. The van der Waals surface area contributed by atoms with Crippen molar-refractivity contribution in [3.8, 4) is 11.4 Å². The molecule has 0 bridgehead atoms. The molecular weight excluding hydrogens is 374 g/mol. The highest BCUT2D eigenvalue weighted by Crippen LogP contribution is 2.31. The third-order valence-corrected chi connectivity index (χ3v) is 4.14. The zero-order chi connectivity index (χ0) is 19.3. The minimum atomic E-state index is -0.461. The van der Waals surface area contributed by atoms with Crippen molar-refractivity contribution in [2.45, 2.75) is 27.2 Å². The van der Waals surface area contributed by atoms with Crippen molar-refractivity contribution < 1.29 is 4.39 Å². The number of fused-ring (bicyclic) bond motifs is 1. The summed E-state index contributed by atoms with van der Waals surface area (Å²) in [5.74, 6) is -0.0563. The van der Waals surface area contributed by atoms with Crippen LogP contribution >= 0.6 is 23.2 Å². The van der Waals surface area contributed by atoms with E-state index in [4.69, 9.17) is 23.2 Å². The van der Waals surface area contributed by atoms with E-state index in [9.17, 15) is 4.39 Å². The third kappa shape index (κ3) is 4.11. The molecule has 0 aliphatic carbocycles. The largest absolute Gasteiger partial charge is 0.281 e. The number of benzene rings is 1. The highest BCUT2D eigenvalue weighted by atomic mass is 35.5. The molecule has 7 heteroatoms. The number of hydrogen-bond acceptors (Lipinski definition) is 3. The first kappa shape index (κ1) is 20.1. The Morgan fingerprint density at radius 3 is 2.58 bits per heavy atom. The van der Waals surface area contributed by atoms with Gasteiger partial charge in [0, 0.05) is 10.7 Å². The van der Waals surface area contributed by atoms with Crippen LogP contribution in [0.4, 0.5) is 4.39 Å². The molecule has 3 rings (SSSR count). The number of nitrogens with zero attached hydrogens (tertiary/aromatic N) is 4. The minimum Gasteiger partial charge on any atom is -0.281 e. The van der Waals surface area contributed by atoms with Gasteiger partial charge in [-0.25, -0.2) is 19.3 Å². The van der Waals surface area contributed by atoms with Crippen LogP contribution in [0.15, 0.2) is 43.3 Å². The molecule has 0 atom stereocenters. The van der Waals surface area contributed by atoms with E-state index in [0.717, 1.165) is 12.1 Å². The van der Waals surface area contributed by atoms with Crippen molar-refractivity contribution in [3.05, 3.63) is 59.3 Å². The summed E-state index contributed by atoms with van der Waals surface area (Å²) in [6.45, 7) is 9.31. The first-order chi connectivity index (χ1) is 12.4. The molecule has 136 valence electrons. The average Bonchev–Trinajstić information content (AvgIpc) is 3.02. The maximum absolute atomic E-state index is 14.3. The third-order valence-electron chi connectivity index (χ3n) is 3.63. The van der Waals surface area contributed by atoms with Crippen LogP contribution < -0.4 is 0 Å². The molecule has 3 aromatic rings. The fourth-order valence-corrected chi connectivity index (χ4v) is 2.51. The molecule has 1 aromatic carbocycles. The SMILES string of the molecule is C/C=C(\C)n1c(-c2ccc(Cl)cc2F)nc2c(Cl)ncnc21.C=CCC. The maximum Gasteiger partial charge on any atom is 0.169 e. The fourth-order valence-electron chi connectivity index (χ4n) is 2.18. The summed E-state index contributed by atoms with van der Waals surface area (Å²) in [6, 6.07) is 4.44. The van der Waals surface area contributed by atoms with Crippen LogP contribution in [0, 0.1) is 5.82 Å². The second-order valence-corrected chi connectivity index (χ2v) is 6.15. The van der Waals surface area contributed by atoms with Gasteiger partial charge in [-0.2, -0.15) is 0 Å². The first-order valence-corrected chi connectivity index (χ1v) is 8.78. The highest BCUT2D eigenvalue weighted by molar-refractivity contribution is 6.33. The van der Waals surface area contributed by atoms with Crippen molar-refractivity contribution in [2.75, 3.05) is 0 Å². The molecule has 2 heterocycles. The van der Waals surface area contributed by atoms with Crippen molar-refractivity contribution in [3.63, 3.8) is 0 Å². The van der Waals surface area contributed by atoms with Gasteiger partial charge in [-0.3, -0.25) is 4.57 Å². The number of aromatic nitrogens is 4. The summed E-state index contributed by atoms with van der Waals surface area (Å²) in [6.07, 6.45) is 6.20. The van der Waals surface area contributed by atoms with E-state index in [1.165, 1.54) is 12.4 Å². The lowest BCUT2D eigenvalue weighted by Crippen LogP contribution is -2.00. The number of halogens is 3. The van der Waals surface area contributed by atoms with Crippen LogP contribution in [0.5, 0.6) is 0 Å². The number of hydrogen-bond donors (Lipinski definition) is 0. The second-order valence-electron chi connectivity index (χ2n) is 5.36. The Labute approximate surface area is 162 Å². The van der Waals surface area contributed by atoms with Gasteiger partial charge in [0.2, 0.25) is 0 Å². The molecule has 0 N–H and O–H groups in total. The summed E-state index contributed by atoms with van der Waals surface area (Å²) in [4.78, 5) is 12.6. The molecule has 0 saturated heterocycles. The van der Waals surface area contributed by atoms with Gasteiger partial charge in [-0.15, -0.1) is 6.58 Å². The molecular formula is C19H19Cl2FN4. The molecule has 0 radical (unpaired) electrons. The van der Waals surface area contributed by atoms with Gasteiger partial charge in [0.25, 0.3) is 0 Å². The lowest BCUT2D eigenvalue weighted by Gasteiger charge is -2.09. The molecule has 0 aliphatic heterocycles. The van der Waals surface area contributed by atoms with E-state index in [1.807, 2.05) is 26.0 Å². The first-order valence-electron chi connectivity index (χ1n) is 8.03. The molecule has 0 unspecified atom stereocenters. The van der Waals surface area contributed by atoms with Crippen molar-refractivity contribution in [2.24, 2.45) is 0 Å². The Balaban J connectivity index is 0.000000552. The quantitative estimate of drug-likeness (QED) is 0.382. The van der Waals surface area contributed by atoms with Gasteiger partial charge in [0.15, 0.2) is 10.8 Å². The molecule has 0 fully saturated rings. The predicted octanol–water partition coefficient (Wildman–Crippen LogP) is 6.40. The normalized spacial score (nSPS) is 11.2. The Bertz CT molecular complexity index is 964. The number of rotatable bonds is 3. The van der Waals surface area contributed by atoms with Crippen LogP contribution in [0.1, 0.15) is 27.2 Å². The van der Waals surface area contributed by atoms with Gasteiger partial charge in [0.05, 0.1) is 5.56 Å². The summed E-state index contributed by atoms with van der Waals surface area (Å²) in [5, 5.41) is 0.549. The van der Waals surface area contributed by atoms with Crippen LogP contribution in [-0.4, -0.2) is 19.5 Å². The number of imidazole rings is 1. The van der Waals surface area contributed by atoms with Crippen molar-refractivity contribution >= 4 is 40.1 Å². The van der Waals surface area contributed by atoms with E-state index >= 15 is 0 Å².